The van der Waals surface area contributed by atoms with E-state index in [1.807, 2.05) is 51.1 Å². The van der Waals surface area contributed by atoms with Crippen LogP contribution in [0.4, 0.5) is 5.69 Å². The van der Waals surface area contributed by atoms with Crippen molar-refractivity contribution in [2.75, 3.05) is 11.9 Å². The lowest BCUT2D eigenvalue weighted by atomic mass is 10.1. The molecule has 3 aromatic rings. The van der Waals surface area contributed by atoms with Crippen LogP contribution in [0.2, 0.25) is 0 Å². The maximum atomic E-state index is 12.8. The second-order valence-corrected chi connectivity index (χ2v) is 6.17. The highest BCUT2D eigenvalue weighted by Gasteiger charge is 2.19. The Balaban J connectivity index is 1.92. The van der Waals surface area contributed by atoms with Crippen LogP contribution in [-0.4, -0.2) is 27.0 Å². The molecule has 0 saturated heterocycles. The van der Waals surface area contributed by atoms with Gasteiger partial charge in [0.1, 0.15) is 5.56 Å². The van der Waals surface area contributed by atoms with E-state index < -0.39 is 0 Å². The van der Waals surface area contributed by atoms with Gasteiger partial charge >= 0.3 is 0 Å². The zero-order valence-electron chi connectivity index (χ0n) is 15.1. The Morgan fingerprint density at radius 1 is 1.20 bits per heavy atom. The average Bonchev–Trinajstić information content (AvgIpc) is 2.89. The van der Waals surface area contributed by atoms with E-state index in [2.05, 4.69) is 27.6 Å². The lowest BCUT2D eigenvalue weighted by molar-refractivity contribution is 0.102. The molecule has 3 rings (SSSR count). The molecule has 25 heavy (non-hydrogen) atoms. The summed E-state index contributed by atoms with van der Waals surface area (Å²) in [5.41, 5.74) is 5.50. The molecule has 1 aromatic carbocycles. The highest BCUT2D eigenvalue weighted by molar-refractivity contribution is 6.09. The lowest BCUT2D eigenvalue weighted by Crippen LogP contribution is -2.15. The molecule has 0 aliphatic rings. The van der Waals surface area contributed by atoms with Gasteiger partial charge in [-0.3, -0.25) is 4.79 Å². The first-order chi connectivity index (χ1) is 12.0. The third kappa shape index (κ3) is 3.53. The Bertz CT molecular complexity index is 929. The normalized spacial score (nSPS) is 11.0. The summed E-state index contributed by atoms with van der Waals surface area (Å²) in [6, 6.07) is 9.79. The maximum Gasteiger partial charge on any atom is 0.261 e. The molecule has 2 aromatic heterocycles. The predicted octanol–water partition coefficient (Wildman–Crippen LogP) is 3.02. The quantitative estimate of drug-likeness (QED) is 0.751. The third-order valence-corrected chi connectivity index (χ3v) is 4.06. The Labute approximate surface area is 147 Å². The predicted molar refractivity (Wildman–Crippen MR) is 99.0 cm³/mol. The zero-order valence-corrected chi connectivity index (χ0v) is 15.1. The van der Waals surface area contributed by atoms with Crippen molar-refractivity contribution in [3.63, 3.8) is 0 Å². The minimum absolute atomic E-state index is 0.189. The molecule has 6 nitrogen and oxygen atoms in total. The molecule has 0 bridgehead atoms. The number of rotatable bonds is 5. The van der Waals surface area contributed by atoms with Crippen LogP contribution in [0.3, 0.4) is 0 Å². The summed E-state index contributed by atoms with van der Waals surface area (Å²) in [6.07, 6.45) is 0. The number of carbonyl (C=O) groups is 1. The first kappa shape index (κ1) is 17.1. The fourth-order valence-corrected chi connectivity index (χ4v) is 2.91. The Morgan fingerprint density at radius 2 is 2.00 bits per heavy atom. The van der Waals surface area contributed by atoms with Gasteiger partial charge in [0, 0.05) is 23.6 Å². The van der Waals surface area contributed by atoms with Crippen LogP contribution in [-0.2, 0) is 6.54 Å². The Kier molecular flexibility index (Phi) is 4.81. The summed E-state index contributed by atoms with van der Waals surface area (Å²) in [7, 11) is 0. The summed E-state index contributed by atoms with van der Waals surface area (Å²) in [4.78, 5) is 17.3. The van der Waals surface area contributed by atoms with Gasteiger partial charge in [-0.1, -0.05) is 19.1 Å². The van der Waals surface area contributed by atoms with Crippen LogP contribution in [0, 0.1) is 20.8 Å². The van der Waals surface area contributed by atoms with Crippen LogP contribution in [0.5, 0.6) is 0 Å². The largest absolute Gasteiger partial charge is 0.322 e. The fourth-order valence-electron chi connectivity index (χ4n) is 2.91. The molecule has 130 valence electrons. The van der Waals surface area contributed by atoms with E-state index in [1.54, 1.807) is 4.52 Å². The minimum Gasteiger partial charge on any atom is -0.322 e. The van der Waals surface area contributed by atoms with Crippen molar-refractivity contribution in [1.82, 2.24) is 19.9 Å². The maximum absolute atomic E-state index is 12.8. The second-order valence-electron chi connectivity index (χ2n) is 6.17. The van der Waals surface area contributed by atoms with Crippen molar-refractivity contribution < 1.29 is 4.79 Å². The van der Waals surface area contributed by atoms with E-state index in [0.29, 0.717) is 16.9 Å². The number of benzene rings is 1. The third-order valence-electron chi connectivity index (χ3n) is 4.06. The molecule has 0 radical (unpaired) electrons. The number of hydrogen-bond donors (Lipinski definition) is 2. The van der Waals surface area contributed by atoms with Crippen LogP contribution < -0.4 is 10.6 Å². The van der Waals surface area contributed by atoms with Gasteiger partial charge in [0.25, 0.3) is 5.91 Å². The number of nitrogens with one attached hydrogen (secondary N) is 2. The topological polar surface area (TPSA) is 71.3 Å². The van der Waals surface area contributed by atoms with E-state index in [4.69, 9.17) is 0 Å². The molecule has 1 amide bonds. The highest BCUT2D eigenvalue weighted by Crippen LogP contribution is 2.19. The molecule has 0 spiro atoms. The van der Waals surface area contributed by atoms with Crippen molar-refractivity contribution in [3.05, 3.63) is 58.5 Å². The van der Waals surface area contributed by atoms with Gasteiger partial charge < -0.3 is 10.6 Å². The molecule has 0 aliphatic heterocycles. The van der Waals surface area contributed by atoms with Gasteiger partial charge in [-0.25, -0.2) is 9.50 Å². The molecule has 0 fully saturated rings. The van der Waals surface area contributed by atoms with Crippen molar-refractivity contribution >= 4 is 17.2 Å². The first-order valence-electron chi connectivity index (χ1n) is 8.44. The summed E-state index contributed by atoms with van der Waals surface area (Å²) in [6.45, 7) is 9.45. The number of aromatic nitrogens is 3. The summed E-state index contributed by atoms with van der Waals surface area (Å²) in [5.74, 6) is -0.189. The van der Waals surface area contributed by atoms with Crippen LogP contribution in [0.15, 0.2) is 30.3 Å². The van der Waals surface area contributed by atoms with E-state index >= 15 is 0 Å². The number of hydrogen-bond acceptors (Lipinski definition) is 4. The molecule has 0 unspecified atom stereocenters. The van der Waals surface area contributed by atoms with E-state index in [1.165, 1.54) is 0 Å². The number of amides is 1. The molecular formula is C19H23N5O. The molecule has 6 heteroatoms. The minimum atomic E-state index is -0.189. The lowest BCUT2D eigenvalue weighted by Gasteiger charge is -2.08. The standard InChI is InChI=1S/C19H23N5O/c1-5-20-11-15-7-6-8-16(10-15)22-19(25)17-14(4)23-24-13(3)9-12(2)21-18(17)24/h6-10,20H,5,11H2,1-4H3,(H,22,25). The van der Waals surface area contributed by atoms with Gasteiger partial charge in [0.2, 0.25) is 0 Å². The second kappa shape index (κ2) is 7.03. The molecule has 0 saturated carbocycles. The Hall–Kier alpha value is -2.73. The number of aryl methyl sites for hydroxylation is 3. The highest BCUT2D eigenvalue weighted by atomic mass is 16.1. The molecule has 2 N–H and O–H groups in total. The van der Waals surface area contributed by atoms with E-state index in [9.17, 15) is 4.79 Å². The van der Waals surface area contributed by atoms with Crippen molar-refractivity contribution in [3.8, 4) is 0 Å². The van der Waals surface area contributed by atoms with Gasteiger partial charge in [0.05, 0.1) is 5.69 Å². The summed E-state index contributed by atoms with van der Waals surface area (Å²) < 4.78 is 1.72. The number of carbonyl (C=O) groups excluding carboxylic acids is 1. The number of nitrogens with zero attached hydrogens (tertiary/aromatic N) is 3. The SMILES string of the molecule is CCNCc1cccc(NC(=O)c2c(C)nn3c(C)cc(C)nc23)c1. The molecular weight excluding hydrogens is 314 g/mol. The van der Waals surface area contributed by atoms with Gasteiger partial charge in [-0.2, -0.15) is 5.10 Å². The van der Waals surface area contributed by atoms with E-state index in [-0.39, 0.29) is 5.91 Å². The number of fused-ring (bicyclic) bond motifs is 1. The molecule has 0 atom stereocenters. The summed E-state index contributed by atoms with van der Waals surface area (Å²) >= 11 is 0. The average molecular weight is 337 g/mol. The smallest absolute Gasteiger partial charge is 0.261 e. The van der Waals surface area contributed by atoms with Crippen LogP contribution in [0.25, 0.3) is 5.65 Å². The van der Waals surface area contributed by atoms with Gasteiger partial charge in [-0.05, 0) is 51.1 Å². The van der Waals surface area contributed by atoms with Crippen molar-refractivity contribution in [1.29, 1.82) is 0 Å². The van der Waals surface area contributed by atoms with Gasteiger partial charge in [-0.15, -0.1) is 0 Å². The zero-order chi connectivity index (χ0) is 18.0. The van der Waals surface area contributed by atoms with E-state index in [0.717, 1.165) is 35.7 Å². The summed E-state index contributed by atoms with van der Waals surface area (Å²) in [5, 5.41) is 10.7. The Morgan fingerprint density at radius 3 is 2.76 bits per heavy atom. The number of anilines is 1. The fraction of sp³-hybridized carbons (Fsp3) is 0.316. The monoisotopic (exact) mass is 337 g/mol. The first-order valence-corrected chi connectivity index (χ1v) is 8.44. The molecule has 2 heterocycles. The van der Waals surface area contributed by atoms with Crippen LogP contribution in [0.1, 0.15) is 39.9 Å². The van der Waals surface area contributed by atoms with Crippen LogP contribution >= 0.6 is 0 Å². The van der Waals surface area contributed by atoms with Crippen molar-refractivity contribution in [2.45, 2.75) is 34.2 Å². The molecule has 0 aliphatic carbocycles. The van der Waals surface area contributed by atoms with Gasteiger partial charge in [0.15, 0.2) is 5.65 Å². The van der Waals surface area contributed by atoms with Crippen molar-refractivity contribution in [2.24, 2.45) is 0 Å².